The molecule has 1 amide bonds. The Morgan fingerprint density at radius 3 is 3.00 bits per heavy atom. The van der Waals surface area contributed by atoms with Crippen molar-refractivity contribution in [2.24, 2.45) is 5.73 Å². The maximum Gasteiger partial charge on any atom is 0.219 e. The zero-order valence-electron chi connectivity index (χ0n) is 9.23. The van der Waals surface area contributed by atoms with Crippen molar-refractivity contribution in [3.63, 3.8) is 0 Å². The summed E-state index contributed by atoms with van der Waals surface area (Å²) in [4.78, 5) is 14.8. The van der Waals surface area contributed by atoms with E-state index >= 15 is 0 Å². The number of amides is 1. The molecule has 0 aliphatic heterocycles. The van der Waals surface area contributed by atoms with E-state index in [9.17, 15) is 4.79 Å². The van der Waals surface area contributed by atoms with Crippen LogP contribution in [0.5, 0.6) is 0 Å². The van der Waals surface area contributed by atoms with E-state index in [1.54, 1.807) is 6.33 Å². The number of imidazole rings is 1. The number of aryl methyl sites for hydroxylation is 1. The van der Waals surface area contributed by atoms with Crippen LogP contribution in [0.4, 0.5) is 0 Å². The summed E-state index contributed by atoms with van der Waals surface area (Å²) in [5.74, 6) is -0.287. The lowest BCUT2D eigenvalue weighted by molar-refractivity contribution is -0.118. The quantitative estimate of drug-likeness (QED) is 0.707. The third-order valence-corrected chi connectivity index (χ3v) is 1.99. The molecule has 3 N–H and O–H groups in total. The monoisotopic (exact) mass is 210 g/mol. The highest BCUT2D eigenvalue weighted by atomic mass is 16.1. The Bertz CT molecular complexity index is 319. The molecule has 1 aromatic heterocycles. The smallest absolute Gasteiger partial charge is 0.219 e. The average molecular weight is 210 g/mol. The van der Waals surface area contributed by atoms with Gasteiger partial charge in [0.05, 0.1) is 12.0 Å². The molecule has 5 heteroatoms. The van der Waals surface area contributed by atoms with Gasteiger partial charge in [0.1, 0.15) is 0 Å². The SMILES string of the molecule is CC(C)NCc1cn(CCC(N)=O)cn1. The molecule has 15 heavy (non-hydrogen) atoms. The maximum atomic E-state index is 10.6. The van der Waals surface area contributed by atoms with Crippen LogP contribution in [0.1, 0.15) is 26.0 Å². The van der Waals surface area contributed by atoms with Crippen LogP contribution in [0.15, 0.2) is 12.5 Å². The van der Waals surface area contributed by atoms with Crippen molar-refractivity contribution in [1.82, 2.24) is 14.9 Å². The number of rotatable bonds is 6. The molecule has 5 nitrogen and oxygen atoms in total. The van der Waals surface area contributed by atoms with Gasteiger partial charge in [-0.15, -0.1) is 0 Å². The van der Waals surface area contributed by atoms with Crippen molar-refractivity contribution in [2.75, 3.05) is 0 Å². The second kappa shape index (κ2) is 5.50. The number of hydrogen-bond acceptors (Lipinski definition) is 3. The Morgan fingerprint density at radius 2 is 2.40 bits per heavy atom. The fourth-order valence-electron chi connectivity index (χ4n) is 1.17. The highest BCUT2D eigenvalue weighted by Crippen LogP contribution is 1.98. The van der Waals surface area contributed by atoms with Gasteiger partial charge in [-0.2, -0.15) is 0 Å². The molecule has 0 atom stereocenters. The molecule has 1 aromatic rings. The standard InChI is InChI=1S/C10H18N4O/c1-8(2)12-5-9-6-14(7-13-9)4-3-10(11)15/h6-8,12H,3-5H2,1-2H3,(H2,11,15). The number of nitrogens with zero attached hydrogens (tertiary/aromatic N) is 2. The minimum Gasteiger partial charge on any atom is -0.370 e. The second-order valence-electron chi connectivity index (χ2n) is 3.85. The van der Waals surface area contributed by atoms with Crippen LogP contribution in [0, 0.1) is 0 Å². The molecule has 0 radical (unpaired) electrons. The second-order valence-corrected chi connectivity index (χ2v) is 3.85. The molecular weight excluding hydrogens is 192 g/mol. The van der Waals surface area contributed by atoms with Gasteiger partial charge in [0.15, 0.2) is 0 Å². The summed E-state index contributed by atoms with van der Waals surface area (Å²) in [5, 5.41) is 3.27. The van der Waals surface area contributed by atoms with E-state index < -0.39 is 0 Å². The van der Waals surface area contributed by atoms with Gasteiger partial charge in [-0.3, -0.25) is 4.79 Å². The lowest BCUT2D eigenvalue weighted by atomic mass is 10.3. The lowest BCUT2D eigenvalue weighted by Crippen LogP contribution is -2.21. The normalized spacial score (nSPS) is 10.9. The molecule has 1 rings (SSSR count). The van der Waals surface area contributed by atoms with Crippen LogP contribution in [0.25, 0.3) is 0 Å². The predicted molar refractivity (Wildman–Crippen MR) is 58.0 cm³/mol. The minimum atomic E-state index is -0.287. The van der Waals surface area contributed by atoms with Gasteiger partial charge >= 0.3 is 0 Å². The van der Waals surface area contributed by atoms with Gasteiger partial charge in [-0.05, 0) is 0 Å². The topological polar surface area (TPSA) is 72.9 Å². The third kappa shape index (κ3) is 4.60. The summed E-state index contributed by atoms with van der Waals surface area (Å²) in [7, 11) is 0. The Hall–Kier alpha value is -1.36. The summed E-state index contributed by atoms with van der Waals surface area (Å²) in [6, 6.07) is 0.445. The first-order valence-corrected chi connectivity index (χ1v) is 5.10. The zero-order chi connectivity index (χ0) is 11.3. The summed E-state index contributed by atoms with van der Waals surface area (Å²) < 4.78 is 1.88. The van der Waals surface area contributed by atoms with Gasteiger partial charge in [-0.1, -0.05) is 13.8 Å². The van der Waals surface area contributed by atoms with E-state index in [-0.39, 0.29) is 5.91 Å². The zero-order valence-corrected chi connectivity index (χ0v) is 9.23. The van der Waals surface area contributed by atoms with E-state index in [4.69, 9.17) is 5.73 Å². The lowest BCUT2D eigenvalue weighted by Gasteiger charge is -2.04. The van der Waals surface area contributed by atoms with Crippen molar-refractivity contribution in [3.05, 3.63) is 18.2 Å². The van der Waals surface area contributed by atoms with Crippen molar-refractivity contribution < 1.29 is 4.79 Å². The number of carbonyl (C=O) groups is 1. The third-order valence-electron chi connectivity index (χ3n) is 1.99. The van der Waals surface area contributed by atoms with Crippen molar-refractivity contribution in [3.8, 4) is 0 Å². The fraction of sp³-hybridized carbons (Fsp3) is 0.600. The highest BCUT2D eigenvalue weighted by molar-refractivity contribution is 5.73. The predicted octanol–water partition coefficient (Wildman–Crippen LogP) is 0.257. The molecule has 1 heterocycles. The van der Waals surface area contributed by atoms with Crippen LogP contribution >= 0.6 is 0 Å². The number of nitrogens with one attached hydrogen (secondary N) is 1. The summed E-state index contributed by atoms with van der Waals surface area (Å²) in [6.45, 7) is 5.53. The first-order chi connectivity index (χ1) is 7.08. The summed E-state index contributed by atoms with van der Waals surface area (Å²) in [6.07, 6.45) is 4.01. The Kier molecular flexibility index (Phi) is 4.30. The molecule has 0 unspecified atom stereocenters. The van der Waals surface area contributed by atoms with Gasteiger partial charge in [0.25, 0.3) is 0 Å². The molecule has 0 aromatic carbocycles. The average Bonchev–Trinajstić information content (AvgIpc) is 2.59. The summed E-state index contributed by atoms with van der Waals surface area (Å²) in [5.41, 5.74) is 6.04. The molecule has 0 aliphatic rings. The largest absolute Gasteiger partial charge is 0.370 e. The number of carbonyl (C=O) groups excluding carboxylic acids is 1. The van der Waals surface area contributed by atoms with E-state index in [1.807, 2.05) is 10.8 Å². The number of aromatic nitrogens is 2. The summed E-state index contributed by atoms with van der Waals surface area (Å²) >= 11 is 0. The Labute approximate surface area is 89.7 Å². The maximum absolute atomic E-state index is 10.6. The number of nitrogens with two attached hydrogens (primary N) is 1. The number of hydrogen-bond donors (Lipinski definition) is 2. The van der Waals surface area contributed by atoms with Crippen molar-refractivity contribution in [2.45, 2.75) is 39.4 Å². The van der Waals surface area contributed by atoms with E-state index in [0.717, 1.165) is 12.2 Å². The Balaban J connectivity index is 2.38. The van der Waals surface area contributed by atoms with Crippen LogP contribution in [0.3, 0.4) is 0 Å². The van der Waals surface area contributed by atoms with Gasteiger partial charge in [0.2, 0.25) is 5.91 Å². The molecule has 84 valence electrons. The first kappa shape index (κ1) is 11.7. The number of primary amides is 1. The van der Waals surface area contributed by atoms with Crippen LogP contribution < -0.4 is 11.1 Å². The molecule has 0 fully saturated rings. The minimum absolute atomic E-state index is 0.287. The van der Waals surface area contributed by atoms with E-state index in [0.29, 0.717) is 19.0 Å². The molecule has 0 aliphatic carbocycles. The molecule has 0 spiro atoms. The first-order valence-electron chi connectivity index (χ1n) is 5.10. The highest BCUT2D eigenvalue weighted by Gasteiger charge is 2.01. The van der Waals surface area contributed by atoms with Gasteiger partial charge < -0.3 is 15.6 Å². The van der Waals surface area contributed by atoms with Crippen LogP contribution in [0.2, 0.25) is 0 Å². The van der Waals surface area contributed by atoms with Crippen LogP contribution in [-0.4, -0.2) is 21.5 Å². The fourth-order valence-corrected chi connectivity index (χ4v) is 1.17. The van der Waals surface area contributed by atoms with Crippen molar-refractivity contribution in [1.29, 1.82) is 0 Å². The molecule has 0 saturated heterocycles. The molecule has 0 bridgehead atoms. The van der Waals surface area contributed by atoms with Gasteiger partial charge in [0, 0.05) is 31.7 Å². The van der Waals surface area contributed by atoms with E-state index in [2.05, 4.69) is 24.1 Å². The Morgan fingerprint density at radius 1 is 1.67 bits per heavy atom. The van der Waals surface area contributed by atoms with Crippen LogP contribution in [-0.2, 0) is 17.9 Å². The molecular formula is C10H18N4O. The van der Waals surface area contributed by atoms with Crippen molar-refractivity contribution >= 4 is 5.91 Å². The van der Waals surface area contributed by atoms with Gasteiger partial charge in [-0.25, -0.2) is 4.98 Å². The molecule has 0 saturated carbocycles. The van der Waals surface area contributed by atoms with E-state index in [1.165, 1.54) is 0 Å².